The fourth-order valence-electron chi connectivity index (χ4n) is 1.78. The number of nitrogen functional groups attached to an aromatic ring is 1. The number of aromatic nitrogens is 1. The lowest BCUT2D eigenvalue weighted by molar-refractivity contribution is 0.480. The van der Waals surface area contributed by atoms with Gasteiger partial charge in [-0.1, -0.05) is 29.5 Å². The van der Waals surface area contributed by atoms with Crippen LogP contribution in [-0.4, -0.2) is 4.98 Å². The van der Waals surface area contributed by atoms with Crippen LogP contribution in [0.4, 0.5) is 5.13 Å². The van der Waals surface area contributed by atoms with Crippen molar-refractivity contribution >= 4 is 26.7 Å². The number of para-hydroxylation sites is 1. The molecule has 2 N–H and O–H groups in total. The minimum absolute atomic E-state index is 0.582. The maximum atomic E-state index is 5.86. The molecule has 2 aromatic carbocycles. The second-order valence-corrected chi connectivity index (χ2v) is 5.11. The molecule has 0 aliphatic rings. The third kappa shape index (κ3) is 2.02. The first-order valence-corrected chi connectivity index (χ1v) is 6.43. The lowest BCUT2D eigenvalue weighted by Gasteiger charge is -2.07. The summed E-state index contributed by atoms with van der Waals surface area (Å²) in [4.78, 5) is 4.22. The van der Waals surface area contributed by atoms with Gasteiger partial charge in [-0.3, -0.25) is 0 Å². The molecule has 0 spiro atoms. The van der Waals surface area contributed by atoms with E-state index >= 15 is 0 Å². The Hall–Kier alpha value is -2.07. The quantitative estimate of drug-likeness (QED) is 0.754. The SMILES string of the molecule is Cc1ccccc1Oc1ccc2nc(N)sc2c1. The number of aryl methyl sites for hydroxylation is 1. The monoisotopic (exact) mass is 256 g/mol. The van der Waals surface area contributed by atoms with E-state index in [0.717, 1.165) is 27.3 Å². The highest BCUT2D eigenvalue weighted by atomic mass is 32.1. The fourth-order valence-corrected chi connectivity index (χ4v) is 2.55. The first-order valence-electron chi connectivity index (χ1n) is 5.62. The van der Waals surface area contributed by atoms with E-state index in [0.29, 0.717) is 5.13 Å². The molecular weight excluding hydrogens is 244 g/mol. The number of nitrogens with zero attached hydrogens (tertiary/aromatic N) is 1. The summed E-state index contributed by atoms with van der Waals surface area (Å²) >= 11 is 1.47. The molecule has 0 unspecified atom stereocenters. The van der Waals surface area contributed by atoms with Crippen LogP contribution in [0.15, 0.2) is 42.5 Å². The summed E-state index contributed by atoms with van der Waals surface area (Å²) in [6, 6.07) is 13.7. The number of anilines is 1. The Labute approximate surface area is 109 Å². The van der Waals surface area contributed by atoms with Crippen molar-refractivity contribution in [1.82, 2.24) is 4.98 Å². The van der Waals surface area contributed by atoms with Gasteiger partial charge in [-0.15, -0.1) is 0 Å². The molecule has 3 aromatic rings. The molecule has 3 nitrogen and oxygen atoms in total. The maximum absolute atomic E-state index is 5.86. The molecule has 0 aliphatic carbocycles. The summed E-state index contributed by atoms with van der Waals surface area (Å²) in [6.45, 7) is 2.03. The molecule has 0 saturated heterocycles. The molecule has 0 saturated carbocycles. The zero-order valence-electron chi connectivity index (χ0n) is 9.88. The van der Waals surface area contributed by atoms with Crippen LogP contribution in [0.2, 0.25) is 0 Å². The van der Waals surface area contributed by atoms with E-state index in [-0.39, 0.29) is 0 Å². The summed E-state index contributed by atoms with van der Waals surface area (Å²) in [6.07, 6.45) is 0. The average Bonchev–Trinajstić information content (AvgIpc) is 2.71. The molecular formula is C14H12N2OS. The number of ether oxygens (including phenoxy) is 1. The number of rotatable bonds is 2. The van der Waals surface area contributed by atoms with E-state index in [1.165, 1.54) is 11.3 Å². The molecule has 4 heteroatoms. The van der Waals surface area contributed by atoms with Gasteiger partial charge in [0.25, 0.3) is 0 Å². The van der Waals surface area contributed by atoms with Gasteiger partial charge in [0.2, 0.25) is 0 Å². The first kappa shape index (κ1) is 11.0. The van der Waals surface area contributed by atoms with Crippen molar-refractivity contribution in [3.63, 3.8) is 0 Å². The van der Waals surface area contributed by atoms with Gasteiger partial charge in [0, 0.05) is 6.07 Å². The van der Waals surface area contributed by atoms with Gasteiger partial charge in [0.1, 0.15) is 11.5 Å². The van der Waals surface area contributed by atoms with Crippen LogP contribution < -0.4 is 10.5 Å². The predicted molar refractivity (Wildman–Crippen MR) is 75.3 cm³/mol. The zero-order valence-corrected chi connectivity index (χ0v) is 10.7. The zero-order chi connectivity index (χ0) is 12.5. The maximum Gasteiger partial charge on any atom is 0.181 e. The van der Waals surface area contributed by atoms with Crippen molar-refractivity contribution in [2.24, 2.45) is 0 Å². The summed E-state index contributed by atoms with van der Waals surface area (Å²) in [5.41, 5.74) is 7.71. The molecule has 0 atom stereocenters. The van der Waals surface area contributed by atoms with Crippen LogP contribution in [0.1, 0.15) is 5.56 Å². The van der Waals surface area contributed by atoms with Crippen LogP contribution in [-0.2, 0) is 0 Å². The Kier molecular flexibility index (Phi) is 2.64. The van der Waals surface area contributed by atoms with Gasteiger partial charge in [-0.25, -0.2) is 4.98 Å². The Morgan fingerprint density at radius 1 is 1.17 bits per heavy atom. The highest BCUT2D eigenvalue weighted by Gasteiger charge is 2.04. The van der Waals surface area contributed by atoms with Crippen LogP contribution >= 0.6 is 11.3 Å². The van der Waals surface area contributed by atoms with Crippen molar-refractivity contribution in [3.05, 3.63) is 48.0 Å². The summed E-state index contributed by atoms with van der Waals surface area (Å²) in [7, 11) is 0. The van der Waals surface area contributed by atoms with Crippen molar-refractivity contribution in [2.45, 2.75) is 6.92 Å². The van der Waals surface area contributed by atoms with Crippen LogP contribution in [0.3, 0.4) is 0 Å². The van der Waals surface area contributed by atoms with Gasteiger partial charge < -0.3 is 10.5 Å². The third-order valence-corrected chi connectivity index (χ3v) is 3.55. The van der Waals surface area contributed by atoms with E-state index in [9.17, 15) is 0 Å². The lowest BCUT2D eigenvalue weighted by Crippen LogP contribution is -1.86. The molecule has 0 aliphatic heterocycles. The molecule has 0 radical (unpaired) electrons. The number of hydrogen-bond donors (Lipinski definition) is 1. The van der Waals surface area contributed by atoms with Crippen LogP contribution in [0.25, 0.3) is 10.2 Å². The minimum atomic E-state index is 0.582. The molecule has 0 fully saturated rings. The number of fused-ring (bicyclic) bond motifs is 1. The van der Waals surface area contributed by atoms with Gasteiger partial charge in [-0.05, 0) is 30.7 Å². The Bertz CT molecular complexity index is 706. The smallest absolute Gasteiger partial charge is 0.181 e. The summed E-state index contributed by atoms with van der Waals surface area (Å²) in [5.74, 6) is 1.68. The van der Waals surface area contributed by atoms with Crippen molar-refractivity contribution in [3.8, 4) is 11.5 Å². The first-order chi connectivity index (χ1) is 8.72. The average molecular weight is 256 g/mol. The minimum Gasteiger partial charge on any atom is -0.457 e. The predicted octanol–water partition coefficient (Wildman–Crippen LogP) is 3.98. The number of hydrogen-bond acceptors (Lipinski definition) is 4. The number of nitrogens with two attached hydrogens (primary N) is 1. The summed E-state index contributed by atoms with van der Waals surface area (Å²) in [5, 5.41) is 0.582. The largest absolute Gasteiger partial charge is 0.457 e. The van der Waals surface area contributed by atoms with Crippen molar-refractivity contribution < 1.29 is 4.74 Å². The van der Waals surface area contributed by atoms with E-state index < -0.39 is 0 Å². The Balaban J connectivity index is 1.97. The van der Waals surface area contributed by atoms with E-state index in [1.54, 1.807) is 0 Å². The molecule has 0 bridgehead atoms. The second kappa shape index (κ2) is 4.31. The highest BCUT2D eigenvalue weighted by Crippen LogP contribution is 2.30. The van der Waals surface area contributed by atoms with Gasteiger partial charge >= 0.3 is 0 Å². The van der Waals surface area contributed by atoms with Crippen molar-refractivity contribution in [1.29, 1.82) is 0 Å². The summed E-state index contributed by atoms with van der Waals surface area (Å²) < 4.78 is 6.90. The van der Waals surface area contributed by atoms with E-state index in [1.807, 2.05) is 49.4 Å². The molecule has 18 heavy (non-hydrogen) atoms. The van der Waals surface area contributed by atoms with Crippen molar-refractivity contribution in [2.75, 3.05) is 5.73 Å². The van der Waals surface area contributed by atoms with E-state index in [4.69, 9.17) is 10.5 Å². The van der Waals surface area contributed by atoms with Crippen LogP contribution in [0, 0.1) is 6.92 Å². The van der Waals surface area contributed by atoms with E-state index in [2.05, 4.69) is 4.98 Å². The Morgan fingerprint density at radius 3 is 2.83 bits per heavy atom. The van der Waals surface area contributed by atoms with Gasteiger partial charge in [-0.2, -0.15) is 0 Å². The third-order valence-electron chi connectivity index (χ3n) is 2.70. The van der Waals surface area contributed by atoms with Gasteiger partial charge in [0.15, 0.2) is 5.13 Å². The lowest BCUT2D eigenvalue weighted by atomic mass is 10.2. The topological polar surface area (TPSA) is 48.1 Å². The second-order valence-electron chi connectivity index (χ2n) is 4.05. The molecule has 90 valence electrons. The Morgan fingerprint density at radius 2 is 2.00 bits per heavy atom. The van der Waals surface area contributed by atoms with Crippen LogP contribution in [0.5, 0.6) is 11.5 Å². The molecule has 1 heterocycles. The van der Waals surface area contributed by atoms with Gasteiger partial charge in [0.05, 0.1) is 10.2 Å². The molecule has 0 amide bonds. The normalized spacial score (nSPS) is 10.7. The number of benzene rings is 2. The highest BCUT2D eigenvalue weighted by molar-refractivity contribution is 7.22. The fraction of sp³-hybridized carbons (Fsp3) is 0.0714. The molecule has 3 rings (SSSR count). The number of thiazole rings is 1. The molecule has 1 aromatic heterocycles. The standard InChI is InChI=1S/C14H12N2OS/c1-9-4-2-3-5-12(9)17-10-6-7-11-13(8-10)18-14(15)16-11/h2-8H,1H3,(H2,15,16).